The number of hydrogen-bond donors (Lipinski definition) is 2. The Morgan fingerprint density at radius 1 is 1.08 bits per heavy atom. The van der Waals surface area contributed by atoms with E-state index < -0.39 is 17.6 Å². The van der Waals surface area contributed by atoms with Crippen LogP contribution in [0.2, 0.25) is 5.02 Å². The third kappa shape index (κ3) is 5.15. The van der Waals surface area contributed by atoms with E-state index in [2.05, 4.69) is 15.3 Å². The Balaban J connectivity index is 1.86. The molecule has 36 heavy (non-hydrogen) atoms. The standard InChI is InChI=1S/C25H27ClN4O6/c1-34-18-8-5-9-19(35-2)20(18)23-21(24(31)27-10-11-29-12-14-36-15-13-29)22(25(32)33)28-30(23)17-7-4-3-6-16(17)26/h3-9H,10-15H2,1-2H3,(H,27,31)(H,32,33). The Morgan fingerprint density at radius 3 is 2.36 bits per heavy atom. The number of morpholine rings is 1. The molecule has 0 aliphatic carbocycles. The van der Waals surface area contributed by atoms with Gasteiger partial charge in [0.15, 0.2) is 5.69 Å². The van der Waals surface area contributed by atoms with Crippen molar-refractivity contribution in [3.8, 4) is 28.4 Å². The van der Waals surface area contributed by atoms with Crippen LogP contribution in [-0.4, -0.2) is 85.3 Å². The number of halogens is 1. The third-order valence-corrected chi connectivity index (χ3v) is 6.20. The fraction of sp³-hybridized carbons (Fsp3) is 0.320. The predicted molar refractivity (Wildman–Crippen MR) is 134 cm³/mol. The molecule has 10 nitrogen and oxygen atoms in total. The summed E-state index contributed by atoms with van der Waals surface area (Å²) in [5.74, 6) is -1.18. The van der Waals surface area contributed by atoms with Crippen molar-refractivity contribution in [2.45, 2.75) is 0 Å². The monoisotopic (exact) mass is 514 g/mol. The number of carboxylic acid groups (broad SMARTS) is 1. The number of carbonyl (C=O) groups excluding carboxylic acids is 1. The number of aromatic nitrogens is 2. The molecule has 1 aliphatic rings. The van der Waals surface area contributed by atoms with Gasteiger partial charge >= 0.3 is 5.97 Å². The summed E-state index contributed by atoms with van der Waals surface area (Å²) in [5.41, 5.74) is 0.436. The maximum atomic E-state index is 13.5. The summed E-state index contributed by atoms with van der Waals surface area (Å²) in [4.78, 5) is 28.0. The summed E-state index contributed by atoms with van der Waals surface area (Å²) < 4.78 is 17.9. The van der Waals surface area contributed by atoms with Crippen LogP contribution in [0.5, 0.6) is 11.5 Å². The van der Waals surface area contributed by atoms with Crippen molar-refractivity contribution in [3.63, 3.8) is 0 Å². The zero-order chi connectivity index (χ0) is 25.7. The fourth-order valence-electron chi connectivity index (χ4n) is 4.14. The number of nitrogens with one attached hydrogen (secondary N) is 1. The molecule has 1 saturated heterocycles. The summed E-state index contributed by atoms with van der Waals surface area (Å²) in [6.45, 7) is 3.73. The molecule has 3 aromatic rings. The maximum Gasteiger partial charge on any atom is 0.357 e. The van der Waals surface area contributed by atoms with E-state index >= 15 is 0 Å². The van der Waals surface area contributed by atoms with Crippen molar-refractivity contribution in [1.82, 2.24) is 20.0 Å². The Labute approximate surface area is 213 Å². The van der Waals surface area contributed by atoms with Crippen LogP contribution >= 0.6 is 11.6 Å². The van der Waals surface area contributed by atoms with Crippen molar-refractivity contribution in [3.05, 3.63) is 58.7 Å². The number of carbonyl (C=O) groups is 2. The van der Waals surface area contributed by atoms with Crippen LogP contribution in [0.15, 0.2) is 42.5 Å². The Morgan fingerprint density at radius 2 is 1.75 bits per heavy atom. The first kappa shape index (κ1) is 25.5. The van der Waals surface area contributed by atoms with Gasteiger partial charge in [0, 0.05) is 26.2 Å². The highest BCUT2D eigenvalue weighted by Crippen LogP contribution is 2.42. The van der Waals surface area contributed by atoms with Gasteiger partial charge in [-0.15, -0.1) is 0 Å². The number of rotatable bonds is 9. The average Bonchev–Trinajstić information content (AvgIpc) is 3.29. The second kappa shape index (κ2) is 11.4. The second-order valence-electron chi connectivity index (χ2n) is 7.99. The Bertz CT molecular complexity index is 1230. The minimum atomic E-state index is -1.35. The number of amides is 1. The molecular formula is C25H27ClN4O6. The molecule has 0 radical (unpaired) electrons. The molecule has 0 unspecified atom stereocenters. The predicted octanol–water partition coefficient (Wildman–Crippen LogP) is 2.97. The zero-order valence-corrected chi connectivity index (χ0v) is 20.7. The smallest absolute Gasteiger partial charge is 0.357 e. The van der Waals surface area contributed by atoms with Gasteiger partial charge in [0.25, 0.3) is 5.91 Å². The molecule has 1 aromatic heterocycles. The number of nitrogens with zero attached hydrogens (tertiary/aromatic N) is 3. The van der Waals surface area contributed by atoms with Gasteiger partial charge in [-0.3, -0.25) is 9.69 Å². The average molecular weight is 515 g/mol. The molecule has 1 amide bonds. The third-order valence-electron chi connectivity index (χ3n) is 5.88. The van der Waals surface area contributed by atoms with Gasteiger partial charge in [-0.2, -0.15) is 5.10 Å². The molecule has 2 heterocycles. The number of ether oxygens (including phenoxy) is 3. The summed E-state index contributed by atoms with van der Waals surface area (Å²) in [7, 11) is 2.96. The highest BCUT2D eigenvalue weighted by molar-refractivity contribution is 6.32. The van der Waals surface area contributed by atoms with Gasteiger partial charge in [-0.1, -0.05) is 29.8 Å². The van der Waals surface area contributed by atoms with Crippen molar-refractivity contribution >= 4 is 23.5 Å². The molecule has 1 fully saturated rings. The fourth-order valence-corrected chi connectivity index (χ4v) is 4.35. The summed E-state index contributed by atoms with van der Waals surface area (Å²) in [5, 5.41) is 17.5. The highest BCUT2D eigenvalue weighted by Gasteiger charge is 2.33. The molecule has 0 atom stereocenters. The summed E-state index contributed by atoms with van der Waals surface area (Å²) >= 11 is 6.47. The van der Waals surface area contributed by atoms with Crippen LogP contribution in [0.25, 0.3) is 16.9 Å². The molecule has 1 aliphatic heterocycles. The van der Waals surface area contributed by atoms with E-state index in [0.717, 1.165) is 13.1 Å². The van der Waals surface area contributed by atoms with Crippen molar-refractivity contribution in [2.24, 2.45) is 0 Å². The molecule has 4 rings (SSSR count). The lowest BCUT2D eigenvalue weighted by Crippen LogP contribution is -2.41. The first-order valence-electron chi connectivity index (χ1n) is 11.4. The van der Waals surface area contributed by atoms with Gasteiger partial charge in [0.2, 0.25) is 0 Å². The summed E-state index contributed by atoms with van der Waals surface area (Å²) in [6.07, 6.45) is 0. The van der Waals surface area contributed by atoms with E-state index in [-0.39, 0.29) is 11.3 Å². The van der Waals surface area contributed by atoms with Gasteiger partial charge in [0.05, 0.1) is 49.4 Å². The minimum absolute atomic E-state index is 0.118. The van der Waals surface area contributed by atoms with E-state index in [1.807, 2.05) is 0 Å². The van der Waals surface area contributed by atoms with E-state index in [9.17, 15) is 14.7 Å². The number of methoxy groups -OCH3 is 2. The zero-order valence-electron chi connectivity index (χ0n) is 20.0. The van der Waals surface area contributed by atoms with Gasteiger partial charge in [0.1, 0.15) is 17.1 Å². The molecule has 2 aromatic carbocycles. The van der Waals surface area contributed by atoms with Crippen molar-refractivity contribution in [1.29, 1.82) is 0 Å². The molecule has 2 N–H and O–H groups in total. The number of benzene rings is 2. The van der Waals surface area contributed by atoms with E-state index in [4.69, 9.17) is 25.8 Å². The SMILES string of the molecule is COc1cccc(OC)c1-c1c(C(=O)NCCN2CCOCC2)c(C(=O)O)nn1-c1ccccc1Cl. The topological polar surface area (TPSA) is 115 Å². The number of para-hydroxylation sites is 1. The molecule has 11 heteroatoms. The van der Waals surface area contributed by atoms with E-state index in [0.29, 0.717) is 54.1 Å². The van der Waals surface area contributed by atoms with Crippen LogP contribution in [-0.2, 0) is 4.74 Å². The van der Waals surface area contributed by atoms with Crippen LogP contribution in [0, 0.1) is 0 Å². The lowest BCUT2D eigenvalue weighted by Gasteiger charge is -2.26. The van der Waals surface area contributed by atoms with Gasteiger partial charge in [-0.25, -0.2) is 9.48 Å². The van der Waals surface area contributed by atoms with Crippen molar-refractivity contribution < 1.29 is 28.9 Å². The minimum Gasteiger partial charge on any atom is -0.496 e. The maximum absolute atomic E-state index is 13.5. The number of hydrogen-bond acceptors (Lipinski definition) is 7. The van der Waals surface area contributed by atoms with Crippen LogP contribution in [0.4, 0.5) is 0 Å². The Kier molecular flexibility index (Phi) is 8.09. The van der Waals surface area contributed by atoms with E-state index in [1.54, 1.807) is 42.5 Å². The van der Waals surface area contributed by atoms with Gasteiger partial charge in [-0.05, 0) is 24.3 Å². The molecular weight excluding hydrogens is 488 g/mol. The largest absolute Gasteiger partial charge is 0.496 e. The number of carboxylic acids is 1. The normalized spacial score (nSPS) is 13.9. The van der Waals surface area contributed by atoms with Crippen LogP contribution in [0.1, 0.15) is 20.8 Å². The molecule has 0 saturated carbocycles. The van der Waals surface area contributed by atoms with Crippen LogP contribution < -0.4 is 14.8 Å². The van der Waals surface area contributed by atoms with E-state index in [1.165, 1.54) is 18.9 Å². The lowest BCUT2D eigenvalue weighted by atomic mass is 10.0. The lowest BCUT2D eigenvalue weighted by molar-refractivity contribution is 0.0383. The van der Waals surface area contributed by atoms with Crippen molar-refractivity contribution in [2.75, 3.05) is 53.6 Å². The quantitative estimate of drug-likeness (QED) is 0.448. The molecule has 190 valence electrons. The molecule has 0 bridgehead atoms. The van der Waals surface area contributed by atoms with Crippen LogP contribution in [0.3, 0.4) is 0 Å². The summed E-state index contributed by atoms with van der Waals surface area (Å²) in [6, 6.07) is 12.0. The van der Waals surface area contributed by atoms with Gasteiger partial charge < -0.3 is 24.6 Å². The molecule has 0 spiro atoms. The number of aromatic carboxylic acids is 1. The second-order valence-corrected chi connectivity index (χ2v) is 8.40. The highest BCUT2D eigenvalue weighted by atomic mass is 35.5. The first-order valence-corrected chi connectivity index (χ1v) is 11.7. The first-order chi connectivity index (χ1) is 17.5. The Hall–Kier alpha value is -3.60.